The molecular formula is C20H18N2O5. The smallest absolute Gasteiger partial charge is 0.310 e. The van der Waals surface area contributed by atoms with Gasteiger partial charge in [0.2, 0.25) is 0 Å². The average molecular weight is 366 g/mol. The lowest BCUT2D eigenvalue weighted by molar-refractivity contribution is 0.0660. The Bertz CT molecular complexity index is 960. The lowest BCUT2D eigenvalue weighted by atomic mass is 10.0. The van der Waals surface area contributed by atoms with Gasteiger partial charge in [0.05, 0.1) is 32.5 Å². The van der Waals surface area contributed by atoms with Gasteiger partial charge in [0.15, 0.2) is 5.76 Å². The Morgan fingerprint density at radius 2 is 1.93 bits per heavy atom. The molecule has 0 saturated heterocycles. The average Bonchev–Trinajstić information content (AvgIpc) is 3.47. The van der Waals surface area contributed by atoms with Gasteiger partial charge in [0, 0.05) is 18.1 Å². The van der Waals surface area contributed by atoms with Crippen molar-refractivity contribution in [2.45, 2.75) is 12.5 Å². The van der Waals surface area contributed by atoms with Crippen LogP contribution >= 0.6 is 0 Å². The van der Waals surface area contributed by atoms with Crippen LogP contribution in [0.3, 0.4) is 0 Å². The van der Waals surface area contributed by atoms with Crippen molar-refractivity contribution >= 4 is 11.6 Å². The number of benzene rings is 1. The lowest BCUT2D eigenvalue weighted by Crippen LogP contribution is -2.26. The Morgan fingerprint density at radius 3 is 2.59 bits per heavy atom. The zero-order valence-electron chi connectivity index (χ0n) is 14.9. The van der Waals surface area contributed by atoms with Crippen molar-refractivity contribution in [3.8, 4) is 11.5 Å². The molecule has 1 amide bonds. The summed E-state index contributed by atoms with van der Waals surface area (Å²) in [5, 5.41) is 5.97. The van der Waals surface area contributed by atoms with E-state index in [0.29, 0.717) is 23.7 Å². The summed E-state index contributed by atoms with van der Waals surface area (Å²) in [5.41, 5.74) is 1.51. The molecule has 1 aromatic carbocycles. The maximum Gasteiger partial charge on any atom is 0.310 e. The molecule has 138 valence electrons. The number of hydrazone groups is 1. The zero-order valence-corrected chi connectivity index (χ0v) is 14.9. The molecule has 0 spiro atoms. The highest BCUT2D eigenvalue weighted by Gasteiger charge is 2.37. The highest BCUT2D eigenvalue weighted by atomic mass is 16.5. The van der Waals surface area contributed by atoms with Crippen molar-refractivity contribution in [2.24, 2.45) is 5.10 Å². The molecule has 1 aliphatic heterocycles. The fraction of sp³-hybridized carbons (Fsp3) is 0.200. The number of amides is 1. The summed E-state index contributed by atoms with van der Waals surface area (Å²) >= 11 is 0. The van der Waals surface area contributed by atoms with Crippen molar-refractivity contribution in [1.82, 2.24) is 5.01 Å². The number of nitrogens with zero attached hydrogens (tertiary/aromatic N) is 2. The second-order valence-electron chi connectivity index (χ2n) is 5.98. The Labute approximate surface area is 155 Å². The summed E-state index contributed by atoms with van der Waals surface area (Å²) in [7, 11) is 3.18. The molecule has 0 bridgehead atoms. The van der Waals surface area contributed by atoms with E-state index in [1.807, 2.05) is 18.2 Å². The van der Waals surface area contributed by atoms with Gasteiger partial charge in [0.25, 0.3) is 0 Å². The van der Waals surface area contributed by atoms with Crippen LogP contribution in [0.5, 0.6) is 11.5 Å². The SMILES string of the molecule is COc1ccc(C2=NN(C(=O)c3ccco3)C(c3ccco3)C2)c(OC)c1. The van der Waals surface area contributed by atoms with Crippen LogP contribution in [0.2, 0.25) is 0 Å². The fourth-order valence-corrected chi connectivity index (χ4v) is 3.11. The first-order chi connectivity index (χ1) is 13.2. The van der Waals surface area contributed by atoms with Gasteiger partial charge in [-0.2, -0.15) is 5.10 Å². The Morgan fingerprint density at radius 1 is 1.11 bits per heavy atom. The molecule has 0 fully saturated rings. The largest absolute Gasteiger partial charge is 0.497 e. The minimum absolute atomic E-state index is 0.221. The van der Waals surface area contributed by atoms with Crippen LogP contribution in [-0.4, -0.2) is 30.8 Å². The van der Waals surface area contributed by atoms with Gasteiger partial charge in [-0.1, -0.05) is 0 Å². The molecular weight excluding hydrogens is 348 g/mol. The summed E-state index contributed by atoms with van der Waals surface area (Å²) in [4.78, 5) is 12.9. The number of hydrogen-bond donors (Lipinski definition) is 0. The van der Waals surface area contributed by atoms with E-state index in [0.717, 1.165) is 11.3 Å². The highest BCUT2D eigenvalue weighted by molar-refractivity contribution is 6.06. The van der Waals surface area contributed by atoms with Gasteiger partial charge in [-0.15, -0.1) is 0 Å². The van der Waals surface area contributed by atoms with E-state index in [-0.39, 0.29) is 17.7 Å². The molecule has 1 unspecified atom stereocenters. The Kier molecular flexibility index (Phi) is 4.42. The third kappa shape index (κ3) is 3.08. The number of methoxy groups -OCH3 is 2. The second-order valence-corrected chi connectivity index (χ2v) is 5.98. The molecule has 7 heteroatoms. The zero-order chi connectivity index (χ0) is 18.8. The standard InChI is InChI=1S/C20H18N2O5/c1-24-13-7-8-14(19(11-13)25-2)15-12-16(17-5-3-9-26-17)22(21-15)20(23)18-6-4-10-27-18/h3-11,16H,12H2,1-2H3. The van der Waals surface area contributed by atoms with E-state index in [1.54, 1.807) is 44.7 Å². The van der Waals surface area contributed by atoms with Crippen LogP contribution in [0.4, 0.5) is 0 Å². The monoisotopic (exact) mass is 366 g/mol. The van der Waals surface area contributed by atoms with E-state index < -0.39 is 0 Å². The van der Waals surface area contributed by atoms with Gasteiger partial charge < -0.3 is 18.3 Å². The first-order valence-electron chi connectivity index (χ1n) is 8.41. The molecule has 0 radical (unpaired) electrons. The normalized spacial score (nSPS) is 16.3. The van der Waals surface area contributed by atoms with Gasteiger partial charge >= 0.3 is 5.91 Å². The van der Waals surface area contributed by atoms with Crippen LogP contribution in [0, 0.1) is 0 Å². The first-order valence-corrected chi connectivity index (χ1v) is 8.41. The van der Waals surface area contributed by atoms with Gasteiger partial charge in [-0.3, -0.25) is 4.79 Å². The van der Waals surface area contributed by atoms with Crippen LogP contribution in [0.15, 0.2) is 68.9 Å². The van der Waals surface area contributed by atoms with Crippen molar-refractivity contribution in [3.05, 3.63) is 72.1 Å². The number of furan rings is 2. The van der Waals surface area contributed by atoms with Crippen molar-refractivity contribution in [3.63, 3.8) is 0 Å². The molecule has 4 rings (SSSR count). The summed E-state index contributed by atoms with van der Waals surface area (Å²) in [6.45, 7) is 0. The molecule has 0 N–H and O–H groups in total. The van der Waals surface area contributed by atoms with E-state index >= 15 is 0 Å². The molecule has 3 aromatic rings. The Balaban J connectivity index is 1.74. The fourth-order valence-electron chi connectivity index (χ4n) is 3.11. The number of rotatable bonds is 5. The molecule has 2 aromatic heterocycles. The molecule has 7 nitrogen and oxygen atoms in total. The van der Waals surface area contributed by atoms with Crippen LogP contribution in [0.1, 0.15) is 34.3 Å². The lowest BCUT2D eigenvalue weighted by Gasteiger charge is -2.18. The summed E-state index contributed by atoms with van der Waals surface area (Å²) in [6.07, 6.45) is 3.53. The van der Waals surface area contributed by atoms with Gasteiger partial charge in [-0.25, -0.2) is 5.01 Å². The van der Waals surface area contributed by atoms with Crippen molar-refractivity contribution in [2.75, 3.05) is 14.2 Å². The molecule has 3 heterocycles. The maximum absolute atomic E-state index is 12.9. The van der Waals surface area contributed by atoms with Crippen molar-refractivity contribution < 1.29 is 23.1 Å². The third-order valence-electron chi connectivity index (χ3n) is 4.44. The molecule has 1 atom stereocenters. The van der Waals surface area contributed by atoms with E-state index in [9.17, 15) is 4.79 Å². The number of carbonyl (C=O) groups is 1. The third-order valence-corrected chi connectivity index (χ3v) is 4.44. The van der Waals surface area contributed by atoms with Gasteiger partial charge in [-0.05, 0) is 36.4 Å². The Hall–Kier alpha value is -3.48. The van der Waals surface area contributed by atoms with Crippen molar-refractivity contribution in [1.29, 1.82) is 0 Å². The second kappa shape index (κ2) is 7.03. The number of carbonyl (C=O) groups excluding carboxylic acids is 1. The number of ether oxygens (including phenoxy) is 2. The summed E-state index contributed by atoms with van der Waals surface area (Å²) < 4.78 is 21.5. The number of hydrogen-bond acceptors (Lipinski definition) is 6. The minimum atomic E-state index is -0.362. The molecule has 1 aliphatic rings. The molecule has 0 saturated carbocycles. The topological polar surface area (TPSA) is 77.4 Å². The highest BCUT2D eigenvalue weighted by Crippen LogP contribution is 2.37. The minimum Gasteiger partial charge on any atom is -0.497 e. The summed E-state index contributed by atoms with van der Waals surface area (Å²) in [6, 6.07) is 12.0. The van der Waals surface area contributed by atoms with Crippen LogP contribution < -0.4 is 9.47 Å². The quantitative estimate of drug-likeness (QED) is 0.685. The van der Waals surface area contributed by atoms with E-state index in [1.165, 1.54) is 11.3 Å². The maximum atomic E-state index is 12.9. The molecule has 0 aliphatic carbocycles. The predicted octanol–water partition coefficient (Wildman–Crippen LogP) is 3.88. The van der Waals surface area contributed by atoms with E-state index in [4.69, 9.17) is 18.3 Å². The predicted molar refractivity (Wildman–Crippen MR) is 97.0 cm³/mol. The van der Waals surface area contributed by atoms with Gasteiger partial charge in [0.1, 0.15) is 23.3 Å². The van der Waals surface area contributed by atoms with E-state index in [2.05, 4.69) is 5.10 Å². The summed E-state index contributed by atoms with van der Waals surface area (Å²) in [5.74, 6) is 1.85. The van der Waals surface area contributed by atoms with Crippen LogP contribution in [0.25, 0.3) is 0 Å². The van der Waals surface area contributed by atoms with Crippen LogP contribution in [-0.2, 0) is 0 Å². The molecule has 27 heavy (non-hydrogen) atoms. The first kappa shape index (κ1) is 17.0.